The van der Waals surface area contributed by atoms with Gasteiger partial charge >= 0.3 is 5.97 Å². The minimum Gasteiger partial charge on any atom is -0.497 e. The molecule has 0 fully saturated rings. The summed E-state index contributed by atoms with van der Waals surface area (Å²) in [6, 6.07) is 16.4. The molecular weight excluding hydrogens is 366 g/mol. The molecule has 0 aliphatic rings. The SMILES string of the molecule is CCOC(=O)c1cccc(NS(=O)(=O)c2ccc3cc(OC)ccc3c2)c1. The van der Waals surface area contributed by atoms with Gasteiger partial charge in [0.2, 0.25) is 0 Å². The van der Waals surface area contributed by atoms with Crippen molar-refractivity contribution in [1.82, 2.24) is 0 Å². The number of anilines is 1. The first-order valence-electron chi connectivity index (χ1n) is 8.31. The van der Waals surface area contributed by atoms with E-state index in [4.69, 9.17) is 9.47 Å². The smallest absolute Gasteiger partial charge is 0.338 e. The molecule has 3 aromatic carbocycles. The van der Waals surface area contributed by atoms with Gasteiger partial charge in [-0.25, -0.2) is 13.2 Å². The Hall–Kier alpha value is -3.06. The summed E-state index contributed by atoms with van der Waals surface area (Å²) in [6.07, 6.45) is 0. The van der Waals surface area contributed by atoms with Crippen molar-refractivity contribution in [2.24, 2.45) is 0 Å². The van der Waals surface area contributed by atoms with E-state index in [1.807, 2.05) is 6.07 Å². The topological polar surface area (TPSA) is 81.7 Å². The van der Waals surface area contributed by atoms with Crippen molar-refractivity contribution in [2.75, 3.05) is 18.4 Å². The lowest BCUT2D eigenvalue weighted by Crippen LogP contribution is -2.13. The summed E-state index contributed by atoms with van der Waals surface area (Å²) in [5, 5.41) is 1.65. The number of nitrogens with one attached hydrogen (secondary N) is 1. The average Bonchev–Trinajstić information content (AvgIpc) is 2.67. The van der Waals surface area contributed by atoms with Gasteiger partial charge in [-0.05, 0) is 60.2 Å². The molecule has 3 rings (SSSR count). The van der Waals surface area contributed by atoms with Gasteiger partial charge in [-0.1, -0.05) is 18.2 Å². The molecule has 0 saturated carbocycles. The molecular formula is C20H19NO5S. The predicted molar refractivity (Wildman–Crippen MR) is 104 cm³/mol. The third-order valence-corrected chi connectivity index (χ3v) is 5.33. The van der Waals surface area contributed by atoms with Crippen LogP contribution in [0.2, 0.25) is 0 Å². The van der Waals surface area contributed by atoms with Crippen molar-refractivity contribution in [3.63, 3.8) is 0 Å². The summed E-state index contributed by atoms with van der Waals surface area (Å²) >= 11 is 0. The van der Waals surface area contributed by atoms with E-state index in [2.05, 4.69) is 4.72 Å². The molecule has 3 aromatic rings. The van der Waals surface area contributed by atoms with E-state index in [1.165, 1.54) is 12.1 Å². The van der Waals surface area contributed by atoms with Crippen molar-refractivity contribution in [2.45, 2.75) is 11.8 Å². The van der Waals surface area contributed by atoms with Gasteiger partial charge in [0.1, 0.15) is 5.75 Å². The lowest BCUT2D eigenvalue weighted by atomic mass is 10.1. The minimum atomic E-state index is -3.81. The molecule has 0 saturated heterocycles. The van der Waals surface area contributed by atoms with Crippen LogP contribution in [-0.4, -0.2) is 28.1 Å². The second-order valence-corrected chi connectivity index (χ2v) is 7.46. The van der Waals surface area contributed by atoms with E-state index in [0.717, 1.165) is 10.8 Å². The molecule has 0 amide bonds. The van der Waals surface area contributed by atoms with E-state index in [-0.39, 0.29) is 22.8 Å². The predicted octanol–water partition coefficient (Wildman–Crippen LogP) is 3.83. The first-order valence-corrected chi connectivity index (χ1v) is 9.79. The van der Waals surface area contributed by atoms with Crippen molar-refractivity contribution < 1.29 is 22.7 Å². The number of hydrogen-bond acceptors (Lipinski definition) is 5. The lowest BCUT2D eigenvalue weighted by Gasteiger charge is -2.10. The van der Waals surface area contributed by atoms with Gasteiger partial charge in [0.15, 0.2) is 0 Å². The first kappa shape index (κ1) is 18.7. The number of carbonyl (C=O) groups is 1. The molecule has 0 radical (unpaired) electrons. The highest BCUT2D eigenvalue weighted by Gasteiger charge is 2.16. The summed E-state index contributed by atoms with van der Waals surface area (Å²) in [5.74, 6) is 0.199. The zero-order valence-corrected chi connectivity index (χ0v) is 15.7. The number of rotatable bonds is 6. The fourth-order valence-electron chi connectivity index (χ4n) is 2.63. The van der Waals surface area contributed by atoms with Crippen LogP contribution in [0.5, 0.6) is 5.75 Å². The fraction of sp³-hybridized carbons (Fsp3) is 0.150. The monoisotopic (exact) mass is 385 g/mol. The van der Waals surface area contributed by atoms with Crippen LogP contribution in [0.15, 0.2) is 65.6 Å². The van der Waals surface area contributed by atoms with Gasteiger partial charge in [0.05, 0.1) is 24.2 Å². The second kappa shape index (κ2) is 7.67. The van der Waals surface area contributed by atoms with Crippen LogP contribution in [0, 0.1) is 0 Å². The lowest BCUT2D eigenvalue weighted by molar-refractivity contribution is 0.0526. The van der Waals surface area contributed by atoms with Gasteiger partial charge in [-0.2, -0.15) is 0 Å². The van der Waals surface area contributed by atoms with Gasteiger partial charge < -0.3 is 9.47 Å². The normalized spacial score (nSPS) is 11.2. The molecule has 140 valence electrons. The van der Waals surface area contributed by atoms with Crippen LogP contribution in [0.1, 0.15) is 17.3 Å². The number of hydrogen-bond donors (Lipinski definition) is 1. The minimum absolute atomic E-state index is 0.127. The van der Waals surface area contributed by atoms with E-state index in [0.29, 0.717) is 5.75 Å². The molecule has 1 N–H and O–H groups in total. The number of carbonyl (C=O) groups excluding carboxylic acids is 1. The molecule has 0 heterocycles. The summed E-state index contributed by atoms with van der Waals surface area (Å²) in [5.41, 5.74) is 0.568. The molecule has 0 aromatic heterocycles. The van der Waals surface area contributed by atoms with Gasteiger partial charge in [0.25, 0.3) is 10.0 Å². The molecule has 0 atom stereocenters. The zero-order chi connectivity index (χ0) is 19.4. The van der Waals surface area contributed by atoms with Crippen molar-refractivity contribution in [3.8, 4) is 5.75 Å². The van der Waals surface area contributed by atoms with Gasteiger partial charge in [0, 0.05) is 5.69 Å². The third kappa shape index (κ3) is 4.20. The summed E-state index contributed by atoms with van der Waals surface area (Å²) < 4.78 is 38.1. The maximum Gasteiger partial charge on any atom is 0.338 e. The Bertz CT molecular complexity index is 1090. The Kier molecular flexibility index (Phi) is 5.32. The summed E-state index contributed by atoms with van der Waals surface area (Å²) in [6.45, 7) is 1.95. The van der Waals surface area contributed by atoms with E-state index < -0.39 is 16.0 Å². The largest absolute Gasteiger partial charge is 0.497 e. The van der Waals surface area contributed by atoms with Crippen LogP contribution < -0.4 is 9.46 Å². The van der Waals surface area contributed by atoms with E-state index in [9.17, 15) is 13.2 Å². The van der Waals surface area contributed by atoms with Crippen LogP contribution in [0.25, 0.3) is 10.8 Å². The highest BCUT2D eigenvalue weighted by Crippen LogP contribution is 2.25. The molecule has 0 spiro atoms. The molecule has 0 aliphatic heterocycles. The molecule has 27 heavy (non-hydrogen) atoms. The Morgan fingerprint density at radius 1 is 1.00 bits per heavy atom. The molecule has 0 bridgehead atoms. The maximum atomic E-state index is 12.7. The van der Waals surface area contributed by atoms with Crippen LogP contribution in [0.4, 0.5) is 5.69 Å². The average molecular weight is 385 g/mol. The standard InChI is InChI=1S/C20H19NO5S/c1-3-26-20(22)16-5-4-6-17(11-16)21-27(23,24)19-10-8-14-12-18(25-2)9-7-15(14)13-19/h4-13,21H,3H2,1-2H3. The number of benzene rings is 3. The third-order valence-electron chi connectivity index (χ3n) is 3.96. The fourth-order valence-corrected chi connectivity index (χ4v) is 3.72. The number of sulfonamides is 1. The van der Waals surface area contributed by atoms with E-state index in [1.54, 1.807) is 56.5 Å². The van der Waals surface area contributed by atoms with Crippen LogP contribution >= 0.6 is 0 Å². The summed E-state index contributed by atoms with van der Waals surface area (Å²) in [7, 11) is -2.23. The highest BCUT2D eigenvalue weighted by atomic mass is 32.2. The molecule has 0 aliphatic carbocycles. The molecule has 7 heteroatoms. The number of esters is 1. The van der Waals surface area contributed by atoms with Crippen molar-refractivity contribution in [3.05, 3.63) is 66.2 Å². The maximum absolute atomic E-state index is 12.7. The van der Waals surface area contributed by atoms with Crippen LogP contribution in [-0.2, 0) is 14.8 Å². The second-order valence-electron chi connectivity index (χ2n) is 5.78. The van der Waals surface area contributed by atoms with Gasteiger partial charge in [-0.15, -0.1) is 0 Å². The Morgan fingerprint density at radius 2 is 1.74 bits per heavy atom. The zero-order valence-electron chi connectivity index (χ0n) is 14.9. The van der Waals surface area contributed by atoms with E-state index >= 15 is 0 Å². The Labute approximate surface area is 157 Å². The van der Waals surface area contributed by atoms with Crippen molar-refractivity contribution in [1.29, 1.82) is 0 Å². The Balaban J connectivity index is 1.89. The van der Waals surface area contributed by atoms with Crippen molar-refractivity contribution >= 4 is 32.5 Å². The molecule has 0 unspecified atom stereocenters. The molecule has 6 nitrogen and oxygen atoms in total. The number of ether oxygens (including phenoxy) is 2. The van der Waals surface area contributed by atoms with Crippen LogP contribution in [0.3, 0.4) is 0 Å². The van der Waals surface area contributed by atoms with Gasteiger partial charge in [-0.3, -0.25) is 4.72 Å². The highest BCUT2D eigenvalue weighted by molar-refractivity contribution is 7.92. The number of fused-ring (bicyclic) bond motifs is 1. The first-order chi connectivity index (χ1) is 12.9. The summed E-state index contributed by atoms with van der Waals surface area (Å²) in [4.78, 5) is 11.9. The quantitative estimate of drug-likeness (QED) is 0.652. The Morgan fingerprint density at radius 3 is 2.48 bits per heavy atom. The number of methoxy groups -OCH3 is 1.